The minimum atomic E-state index is -0.474. The highest BCUT2D eigenvalue weighted by molar-refractivity contribution is 5.68. The molecular formula is C16H23NO3. The van der Waals surface area contributed by atoms with E-state index in [1.807, 2.05) is 39.0 Å². The van der Waals surface area contributed by atoms with E-state index in [1.165, 1.54) is 5.56 Å². The highest BCUT2D eigenvalue weighted by Crippen LogP contribution is 2.19. The number of nitrogens with one attached hydrogen (secondary N) is 1. The van der Waals surface area contributed by atoms with Crippen molar-refractivity contribution in [3.05, 3.63) is 35.9 Å². The maximum absolute atomic E-state index is 11.8. The number of hydrogen-bond donors (Lipinski definition) is 1. The van der Waals surface area contributed by atoms with Gasteiger partial charge >= 0.3 is 6.09 Å². The van der Waals surface area contributed by atoms with Crippen molar-refractivity contribution in [2.45, 2.75) is 51.4 Å². The Morgan fingerprint density at radius 2 is 2.05 bits per heavy atom. The Balaban J connectivity index is 1.83. The van der Waals surface area contributed by atoms with Crippen LogP contribution in [-0.2, 0) is 15.9 Å². The molecule has 1 heterocycles. The molecule has 20 heavy (non-hydrogen) atoms. The summed E-state index contributed by atoms with van der Waals surface area (Å²) in [6.45, 7) is 6.30. The number of hydrogen-bond acceptors (Lipinski definition) is 3. The summed E-state index contributed by atoms with van der Waals surface area (Å²) < 4.78 is 10.6. The summed E-state index contributed by atoms with van der Waals surface area (Å²) in [6.07, 6.45) is 1.53. The molecule has 2 atom stereocenters. The Hall–Kier alpha value is -1.55. The maximum Gasteiger partial charge on any atom is 0.407 e. The Kier molecular flexibility index (Phi) is 4.65. The zero-order chi connectivity index (χ0) is 14.6. The van der Waals surface area contributed by atoms with E-state index in [4.69, 9.17) is 9.47 Å². The monoisotopic (exact) mass is 277 g/mol. The molecule has 1 N–H and O–H groups in total. The zero-order valence-electron chi connectivity index (χ0n) is 12.4. The van der Waals surface area contributed by atoms with Gasteiger partial charge in [-0.2, -0.15) is 0 Å². The van der Waals surface area contributed by atoms with Crippen LogP contribution in [0.15, 0.2) is 30.3 Å². The summed E-state index contributed by atoms with van der Waals surface area (Å²) >= 11 is 0. The van der Waals surface area contributed by atoms with E-state index in [0.29, 0.717) is 0 Å². The number of aryl methyl sites for hydroxylation is 1. The number of ether oxygens (including phenoxy) is 2. The molecule has 2 rings (SSSR count). The fraction of sp³-hybridized carbons (Fsp3) is 0.562. The fourth-order valence-electron chi connectivity index (χ4n) is 2.06. The number of carbonyl (C=O) groups excluding carboxylic acids is 1. The maximum atomic E-state index is 11.8. The number of amides is 1. The molecule has 1 aliphatic rings. The van der Waals surface area contributed by atoms with E-state index in [0.717, 1.165) is 19.4 Å². The predicted octanol–water partition coefficient (Wildman–Crippen LogP) is 2.91. The van der Waals surface area contributed by atoms with Crippen molar-refractivity contribution in [3.63, 3.8) is 0 Å². The molecule has 110 valence electrons. The van der Waals surface area contributed by atoms with Crippen molar-refractivity contribution in [2.75, 3.05) is 6.61 Å². The SMILES string of the molecule is CC(C)(C)OC(=O)N[C@@H](CCc1ccccc1)[C@@H]1CO1. The van der Waals surface area contributed by atoms with Gasteiger partial charge in [0.25, 0.3) is 0 Å². The summed E-state index contributed by atoms with van der Waals surface area (Å²) in [5.41, 5.74) is 0.794. The molecule has 0 aromatic heterocycles. The molecule has 1 aromatic carbocycles. The normalized spacial score (nSPS) is 19.2. The lowest BCUT2D eigenvalue weighted by Crippen LogP contribution is -2.42. The first-order valence-electron chi connectivity index (χ1n) is 7.09. The third-order valence-electron chi connectivity index (χ3n) is 3.10. The van der Waals surface area contributed by atoms with Crippen LogP contribution in [0, 0.1) is 0 Å². The Morgan fingerprint density at radius 3 is 2.60 bits per heavy atom. The average molecular weight is 277 g/mol. The third kappa shape index (κ3) is 5.21. The number of carbonyl (C=O) groups is 1. The first kappa shape index (κ1) is 14.9. The molecule has 1 saturated heterocycles. The van der Waals surface area contributed by atoms with Crippen LogP contribution >= 0.6 is 0 Å². The van der Waals surface area contributed by atoms with Crippen molar-refractivity contribution < 1.29 is 14.3 Å². The lowest BCUT2D eigenvalue weighted by Gasteiger charge is -2.23. The molecule has 4 nitrogen and oxygen atoms in total. The summed E-state index contributed by atoms with van der Waals surface area (Å²) in [5, 5.41) is 2.92. The van der Waals surface area contributed by atoms with E-state index >= 15 is 0 Å². The van der Waals surface area contributed by atoms with Crippen LogP contribution in [0.4, 0.5) is 4.79 Å². The van der Waals surface area contributed by atoms with E-state index in [1.54, 1.807) is 0 Å². The van der Waals surface area contributed by atoms with Crippen molar-refractivity contribution in [1.82, 2.24) is 5.32 Å². The van der Waals surface area contributed by atoms with E-state index in [2.05, 4.69) is 17.4 Å². The van der Waals surface area contributed by atoms with Gasteiger partial charge in [0, 0.05) is 0 Å². The highest BCUT2D eigenvalue weighted by atomic mass is 16.6. The molecule has 1 aliphatic heterocycles. The molecule has 1 aromatic rings. The van der Waals surface area contributed by atoms with Gasteiger partial charge in [0.2, 0.25) is 0 Å². The third-order valence-corrected chi connectivity index (χ3v) is 3.10. The predicted molar refractivity (Wildman–Crippen MR) is 77.7 cm³/mol. The molecule has 0 unspecified atom stereocenters. The summed E-state index contributed by atoms with van der Waals surface area (Å²) in [6, 6.07) is 10.3. The largest absolute Gasteiger partial charge is 0.444 e. The number of benzene rings is 1. The first-order chi connectivity index (χ1) is 9.44. The van der Waals surface area contributed by atoms with Crippen LogP contribution in [0.25, 0.3) is 0 Å². The van der Waals surface area contributed by atoms with Crippen molar-refractivity contribution in [2.24, 2.45) is 0 Å². The minimum absolute atomic E-state index is 0.0186. The summed E-state index contributed by atoms with van der Waals surface area (Å²) in [5.74, 6) is 0. The molecular weight excluding hydrogens is 254 g/mol. The quantitative estimate of drug-likeness (QED) is 0.842. The topological polar surface area (TPSA) is 50.9 Å². The second kappa shape index (κ2) is 6.27. The van der Waals surface area contributed by atoms with E-state index < -0.39 is 5.60 Å². The van der Waals surface area contributed by atoms with Gasteiger partial charge in [0.05, 0.1) is 12.6 Å². The lowest BCUT2D eigenvalue weighted by atomic mass is 10.0. The van der Waals surface area contributed by atoms with Gasteiger partial charge in [-0.25, -0.2) is 4.79 Å². The van der Waals surface area contributed by atoms with Gasteiger partial charge in [-0.1, -0.05) is 30.3 Å². The molecule has 4 heteroatoms. The van der Waals surface area contributed by atoms with Crippen molar-refractivity contribution in [1.29, 1.82) is 0 Å². The zero-order valence-corrected chi connectivity index (χ0v) is 12.4. The molecule has 0 saturated carbocycles. The molecule has 1 fully saturated rings. The van der Waals surface area contributed by atoms with Crippen LogP contribution in [-0.4, -0.2) is 30.4 Å². The lowest BCUT2D eigenvalue weighted by molar-refractivity contribution is 0.0492. The van der Waals surface area contributed by atoms with Gasteiger partial charge < -0.3 is 14.8 Å². The summed E-state index contributed by atoms with van der Waals surface area (Å²) in [7, 11) is 0. The number of epoxide rings is 1. The van der Waals surface area contributed by atoms with Crippen LogP contribution in [0.5, 0.6) is 0 Å². The molecule has 0 aliphatic carbocycles. The first-order valence-corrected chi connectivity index (χ1v) is 7.09. The molecule has 1 amide bonds. The number of rotatable bonds is 5. The second-order valence-corrected chi connectivity index (χ2v) is 6.15. The second-order valence-electron chi connectivity index (χ2n) is 6.15. The van der Waals surface area contributed by atoms with Gasteiger partial charge in [-0.15, -0.1) is 0 Å². The van der Waals surface area contributed by atoms with Crippen LogP contribution < -0.4 is 5.32 Å². The van der Waals surface area contributed by atoms with Crippen LogP contribution in [0.1, 0.15) is 32.8 Å². The smallest absolute Gasteiger partial charge is 0.407 e. The van der Waals surface area contributed by atoms with E-state index in [-0.39, 0.29) is 18.2 Å². The van der Waals surface area contributed by atoms with Gasteiger partial charge in [-0.3, -0.25) is 0 Å². The van der Waals surface area contributed by atoms with Crippen molar-refractivity contribution in [3.8, 4) is 0 Å². The Labute approximate surface area is 120 Å². The highest BCUT2D eigenvalue weighted by Gasteiger charge is 2.34. The van der Waals surface area contributed by atoms with Gasteiger partial charge in [-0.05, 0) is 39.2 Å². The van der Waals surface area contributed by atoms with Crippen LogP contribution in [0.2, 0.25) is 0 Å². The molecule has 0 radical (unpaired) electrons. The fourth-order valence-corrected chi connectivity index (χ4v) is 2.06. The van der Waals surface area contributed by atoms with Crippen LogP contribution in [0.3, 0.4) is 0 Å². The summed E-state index contributed by atoms with van der Waals surface area (Å²) in [4.78, 5) is 11.8. The van der Waals surface area contributed by atoms with Crippen molar-refractivity contribution >= 4 is 6.09 Å². The van der Waals surface area contributed by atoms with Gasteiger partial charge in [0.15, 0.2) is 0 Å². The van der Waals surface area contributed by atoms with E-state index in [9.17, 15) is 4.79 Å². The van der Waals surface area contributed by atoms with Gasteiger partial charge in [0.1, 0.15) is 11.7 Å². The molecule has 0 bridgehead atoms. The minimum Gasteiger partial charge on any atom is -0.444 e. The molecule has 0 spiro atoms. The Bertz CT molecular complexity index is 435. The number of alkyl carbamates (subject to hydrolysis) is 1. The Morgan fingerprint density at radius 1 is 1.40 bits per heavy atom. The average Bonchev–Trinajstić information content (AvgIpc) is 3.17. The standard InChI is InChI=1S/C16H23NO3/c1-16(2,3)20-15(18)17-13(14-11-19-14)10-9-12-7-5-4-6-8-12/h4-8,13-14H,9-11H2,1-3H3,(H,17,18)/t13-,14-/m0/s1.